The number of hydrogen-bond acceptors (Lipinski definition) is 2. The molecule has 0 aliphatic rings. The van der Waals surface area contributed by atoms with Crippen LogP contribution in [0.2, 0.25) is 0 Å². The summed E-state index contributed by atoms with van der Waals surface area (Å²) in [6, 6.07) is 22.2. The summed E-state index contributed by atoms with van der Waals surface area (Å²) < 4.78 is 55.7. The highest BCUT2D eigenvalue weighted by molar-refractivity contribution is 5.74. The zero-order valence-corrected chi connectivity index (χ0v) is 22.4. The van der Waals surface area contributed by atoms with Crippen molar-refractivity contribution in [2.45, 2.75) is 39.5 Å². The van der Waals surface area contributed by atoms with E-state index in [1.165, 1.54) is 12.1 Å². The van der Waals surface area contributed by atoms with Gasteiger partial charge in [-0.25, -0.2) is 13.2 Å². The molecule has 0 N–H and O–H groups in total. The lowest BCUT2D eigenvalue weighted by Crippen LogP contribution is -1.97. The van der Waals surface area contributed by atoms with E-state index in [1.54, 1.807) is 66.7 Å². The Kier molecular flexibility index (Phi) is 9.85. The summed E-state index contributed by atoms with van der Waals surface area (Å²) in [6.45, 7) is 5.35. The topological polar surface area (TPSA) is 18.5 Å². The van der Waals surface area contributed by atoms with Gasteiger partial charge in [-0.15, -0.1) is 0 Å². The molecule has 0 amide bonds. The minimum atomic E-state index is -0.910. The Morgan fingerprint density at radius 2 is 1.15 bits per heavy atom. The molecule has 0 aliphatic heterocycles. The Balaban J connectivity index is 1.44. The molecule has 0 atom stereocenters. The maximum Gasteiger partial charge on any atom is 0.167 e. The van der Waals surface area contributed by atoms with Crippen molar-refractivity contribution in [3.05, 3.63) is 107 Å². The standard InChI is InChI=1S/C34H33F3O2/c1-3-5-21-38-28-16-13-26(14-17-28)31-19-15-27(33(36)34(31)37)12-9-24-7-10-25(11-8-24)30-20-18-29(23-32(30)35)39-22-6-4-2/h7-20,23H,3-6,21-22H2,1-2H3/b12-9+. The van der Waals surface area contributed by atoms with Crippen LogP contribution in [0.5, 0.6) is 11.5 Å². The van der Waals surface area contributed by atoms with Crippen molar-refractivity contribution in [3.8, 4) is 33.8 Å². The SMILES string of the molecule is CCCCOc1ccc(-c2ccc(/C=C/c3ccc(-c4ccc(OCCCC)cc4F)cc3)c(F)c2F)cc1. The molecule has 5 heteroatoms. The summed E-state index contributed by atoms with van der Waals surface area (Å²) in [5, 5.41) is 0. The van der Waals surface area contributed by atoms with Crippen molar-refractivity contribution >= 4 is 12.2 Å². The van der Waals surface area contributed by atoms with E-state index in [0.29, 0.717) is 41.4 Å². The van der Waals surface area contributed by atoms with Gasteiger partial charge in [0.25, 0.3) is 0 Å². The van der Waals surface area contributed by atoms with Crippen LogP contribution in [-0.2, 0) is 0 Å². The zero-order chi connectivity index (χ0) is 27.6. The van der Waals surface area contributed by atoms with Gasteiger partial charge in [0.2, 0.25) is 0 Å². The Bertz CT molecular complexity index is 1390. The van der Waals surface area contributed by atoms with E-state index in [9.17, 15) is 13.2 Å². The van der Waals surface area contributed by atoms with Crippen LogP contribution < -0.4 is 9.47 Å². The fourth-order valence-corrected chi connectivity index (χ4v) is 4.10. The van der Waals surface area contributed by atoms with Gasteiger partial charge in [0.05, 0.1) is 13.2 Å². The van der Waals surface area contributed by atoms with Crippen molar-refractivity contribution in [2.24, 2.45) is 0 Å². The number of benzene rings is 4. The van der Waals surface area contributed by atoms with Gasteiger partial charge in [-0.1, -0.05) is 87.4 Å². The van der Waals surface area contributed by atoms with Crippen LogP contribution in [0.1, 0.15) is 50.7 Å². The summed E-state index contributed by atoms with van der Waals surface area (Å²) in [7, 11) is 0. The molecule has 4 rings (SSSR count). The van der Waals surface area contributed by atoms with Gasteiger partial charge in [0.15, 0.2) is 11.6 Å². The maximum atomic E-state index is 14.9. The first-order chi connectivity index (χ1) is 19.0. The van der Waals surface area contributed by atoms with E-state index in [-0.39, 0.29) is 16.9 Å². The molecule has 0 radical (unpaired) electrons. The molecule has 0 aliphatic carbocycles. The van der Waals surface area contributed by atoms with Crippen LogP contribution in [-0.4, -0.2) is 13.2 Å². The maximum absolute atomic E-state index is 14.9. The van der Waals surface area contributed by atoms with E-state index < -0.39 is 11.6 Å². The molecule has 0 unspecified atom stereocenters. The Morgan fingerprint density at radius 3 is 1.79 bits per heavy atom. The minimum absolute atomic E-state index is 0.143. The molecule has 0 fully saturated rings. The third-order valence-corrected chi connectivity index (χ3v) is 6.43. The number of hydrogen-bond donors (Lipinski definition) is 0. The van der Waals surface area contributed by atoms with E-state index in [0.717, 1.165) is 31.2 Å². The van der Waals surface area contributed by atoms with Gasteiger partial charge >= 0.3 is 0 Å². The lowest BCUT2D eigenvalue weighted by atomic mass is 10.0. The predicted molar refractivity (Wildman–Crippen MR) is 153 cm³/mol. The van der Waals surface area contributed by atoms with E-state index >= 15 is 0 Å². The second-order valence-corrected chi connectivity index (χ2v) is 9.36. The van der Waals surface area contributed by atoms with Crippen molar-refractivity contribution < 1.29 is 22.6 Å². The summed E-state index contributed by atoms with van der Waals surface area (Å²) in [5.41, 5.74) is 2.88. The molecule has 0 spiro atoms. The van der Waals surface area contributed by atoms with Gasteiger partial charge in [0, 0.05) is 22.8 Å². The Hall–Kier alpha value is -3.99. The molecule has 4 aromatic carbocycles. The second kappa shape index (κ2) is 13.7. The first-order valence-electron chi connectivity index (χ1n) is 13.4. The van der Waals surface area contributed by atoms with Crippen molar-refractivity contribution in [1.29, 1.82) is 0 Å². The van der Waals surface area contributed by atoms with Crippen LogP contribution in [0.4, 0.5) is 13.2 Å². The molecular formula is C34H33F3O2. The lowest BCUT2D eigenvalue weighted by molar-refractivity contribution is 0.308. The fourth-order valence-electron chi connectivity index (χ4n) is 4.10. The first kappa shape index (κ1) is 28.0. The van der Waals surface area contributed by atoms with E-state index in [4.69, 9.17) is 9.47 Å². The number of halogens is 3. The lowest BCUT2D eigenvalue weighted by Gasteiger charge is -2.09. The van der Waals surface area contributed by atoms with Crippen LogP contribution >= 0.6 is 0 Å². The second-order valence-electron chi connectivity index (χ2n) is 9.36. The monoisotopic (exact) mass is 530 g/mol. The van der Waals surface area contributed by atoms with E-state index in [1.807, 2.05) is 12.1 Å². The van der Waals surface area contributed by atoms with Crippen molar-refractivity contribution in [1.82, 2.24) is 0 Å². The third kappa shape index (κ3) is 7.32. The smallest absolute Gasteiger partial charge is 0.167 e. The van der Waals surface area contributed by atoms with Gasteiger partial charge in [-0.05, 0) is 53.8 Å². The summed E-state index contributed by atoms with van der Waals surface area (Å²) in [5.74, 6) is -0.951. The summed E-state index contributed by atoms with van der Waals surface area (Å²) in [6.07, 6.45) is 7.16. The molecule has 0 heterocycles. The quantitative estimate of drug-likeness (QED) is 0.134. The first-order valence-corrected chi connectivity index (χ1v) is 13.4. The number of ether oxygens (including phenoxy) is 2. The van der Waals surface area contributed by atoms with Crippen LogP contribution in [0.25, 0.3) is 34.4 Å². The fraction of sp³-hybridized carbons (Fsp3) is 0.235. The third-order valence-electron chi connectivity index (χ3n) is 6.43. The highest BCUT2D eigenvalue weighted by atomic mass is 19.2. The average Bonchev–Trinajstić information content (AvgIpc) is 2.95. The normalized spacial score (nSPS) is 11.2. The Labute approximate surface area is 228 Å². The van der Waals surface area contributed by atoms with Crippen molar-refractivity contribution in [2.75, 3.05) is 13.2 Å². The molecule has 4 aromatic rings. The van der Waals surface area contributed by atoms with Crippen LogP contribution in [0, 0.1) is 17.5 Å². The molecule has 0 bridgehead atoms. The number of rotatable bonds is 12. The molecule has 202 valence electrons. The van der Waals surface area contributed by atoms with E-state index in [2.05, 4.69) is 13.8 Å². The number of unbranched alkanes of at least 4 members (excludes halogenated alkanes) is 2. The Morgan fingerprint density at radius 1 is 0.590 bits per heavy atom. The molecule has 2 nitrogen and oxygen atoms in total. The van der Waals surface area contributed by atoms with Gasteiger partial charge in [-0.3, -0.25) is 0 Å². The summed E-state index contributed by atoms with van der Waals surface area (Å²) >= 11 is 0. The summed E-state index contributed by atoms with van der Waals surface area (Å²) in [4.78, 5) is 0. The molecule has 0 saturated carbocycles. The average molecular weight is 531 g/mol. The van der Waals surface area contributed by atoms with Crippen LogP contribution in [0.3, 0.4) is 0 Å². The van der Waals surface area contributed by atoms with Gasteiger partial charge < -0.3 is 9.47 Å². The van der Waals surface area contributed by atoms with Crippen LogP contribution in [0.15, 0.2) is 78.9 Å². The zero-order valence-electron chi connectivity index (χ0n) is 22.4. The molecular weight excluding hydrogens is 497 g/mol. The highest BCUT2D eigenvalue weighted by Crippen LogP contribution is 2.30. The van der Waals surface area contributed by atoms with Gasteiger partial charge in [0.1, 0.15) is 17.3 Å². The molecule has 0 saturated heterocycles. The highest BCUT2D eigenvalue weighted by Gasteiger charge is 2.14. The molecule has 0 aromatic heterocycles. The largest absolute Gasteiger partial charge is 0.494 e. The van der Waals surface area contributed by atoms with Crippen molar-refractivity contribution in [3.63, 3.8) is 0 Å². The predicted octanol–water partition coefficient (Wildman–Crippen LogP) is 9.97. The minimum Gasteiger partial charge on any atom is -0.494 e. The van der Waals surface area contributed by atoms with Gasteiger partial charge in [-0.2, -0.15) is 0 Å². The molecule has 39 heavy (non-hydrogen) atoms.